The number of nitrogens with one attached hydrogen (secondary N) is 2. The van der Waals surface area contributed by atoms with Crippen molar-refractivity contribution >= 4 is 22.8 Å². The molecule has 30 heavy (non-hydrogen) atoms. The largest absolute Gasteiger partial charge is 0.272 e. The van der Waals surface area contributed by atoms with E-state index in [4.69, 9.17) is 0 Å². The van der Waals surface area contributed by atoms with Gasteiger partial charge in [0.1, 0.15) is 5.82 Å². The lowest BCUT2D eigenvalue weighted by Gasteiger charge is -2.10. The molecule has 0 spiro atoms. The number of rotatable bonds is 4. The number of pyridine rings is 1. The normalized spacial score (nSPS) is 10.7. The molecule has 2 N–H and O–H groups in total. The van der Waals surface area contributed by atoms with E-state index in [0.29, 0.717) is 28.8 Å². The van der Waals surface area contributed by atoms with E-state index in [2.05, 4.69) is 20.9 Å². The molecule has 0 fully saturated rings. The number of hydrazine groups is 1. The van der Waals surface area contributed by atoms with Crippen molar-refractivity contribution in [2.45, 2.75) is 13.5 Å². The maximum Gasteiger partial charge on any atom is 0.272 e. The fourth-order valence-electron chi connectivity index (χ4n) is 3.12. The molecule has 4 rings (SSSR count). The van der Waals surface area contributed by atoms with Crippen molar-refractivity contribution in [3.05, 3.63) is 83.8 Å². The molecular formula is C22H18FN5O2. The van der Waals surface area contributed by atoms with Crippen LogP contribution in [0.1, 0.15) is 27.6 Å². The second kappa shape index (κ2) is 8.12. The Morgan fingerprint density at radius 3 is 2.33 bits per heavy atom. The summed E-state index contributed by atoms with van der Waals surface area (Å²) in [5.41, 5.74) is 6.74. The van der Waals surface area contributed by atoms with Crippen LogP contribution in [0.3, 0.4) is 0 Å². The van der Waals surface area contributed by atoms with Crippen molar-refractivity contribution in [2.24, 2.45) is 0 Å². The second-order valence-electron chi connectivity index (χ2n) is 6.51. The zero-order valence-corrected chi connectivity index (χ0v) is 16.1. The van der Waals surface area contributed by atoms with E-state index in [1.54, 1.807) is 16.9 Å². The Morgan fingerprint density at radius 2 is 1.63 bits per heavy atom. The van der Waals surface area contributed by atoms with Gasteiger partial charge in [-0.25, -0.2) is 14.1 Å². The van der Waals surface area contributed by atoms with Gasteiger partial charge in [-0.2, -0.15) is 5.10 Å². The summed E-state index contributed by atoms with van der Waals surface area (Å²) in [7, 11) is 0. The average molecular weight is 403 g/mol. The molecule has 2 amide bonds. The van der Waals surface area contributed by atoms with Crippen LogP contribution >= 0.6 is 0 Å². The Labute approximate surface area is 171 Å². The number of nitrogens with zero attached hydrogens (tertiary/aromatic N) is 3. The van der Waals surface area contributed by atoms with Crippen LogP contribution in [0.25, 0.3) is 22.3 Å². The predicted molar refractivity (Wildman–Crippen MR) is 110 cm³/mol. The number of benzene rings is 2. The number of halogens is 1. The van der Waals surface area contributed by atoms with Gasteiger partial charge in [-0.05, 0) is 25.1 Å². The van der Waals surface area contributed by atoms with Crippen molar-refractivity contribution < 1.29 is 14.0 Å². The molecule has 2 heterocycles. The average Bonchev–Trinajstić information content (AvgIpc) is 3.20. The SMILES string of the molecule is CCn1ncc2c(C(=O)NNC(=O)c3ccccc3F)cc(-c3ccccc3)nc21. The number of fused-ring (bicyclic) bond motifs is 1. The van der Waals surface area contributed by atoms with Gasteiger partial charge in [-0.15, -0.1) is 0 Å². The van der Waals surface area contributed by atoms with Crippen molar-refractivity contribution in [3.8, 4) is 11.3 Å². The Hall–Kier alpha value is -4.07. The molecule has 0 radical (unpaired) electrons. The molecule has 2 aromatic carbocycles. The van der Waals surface area contributed by atoms with E-state index in [0.717, 1.165) is 5.56 Å². The predicted octanol–water partition coefficient (Wildman–Crippen LogP) is 3.33. The van der Waals surface area contributed by atoms with Gasteiger partial charge in [0.05, 0.1) is 28.4 Å². The maximum atomic E-state index is 13.8. The topological polar surface area (TPSA) is 88.9 Å². The summed E-state index contributed by atoms with van der Waals surface area (Å²) in [6, 6.07) is 16.6. The Balaban J connectivity index is 1.67. The van der Waals surface area contributed by atoms with Crippen LogP contribution < -0.4 is 10.9 Å². The zero-order valence-electron chi connectivity index (χ0n) is 16.1. The minimum absolute atomic E-state index is 0.165. The van der Waals surface area contributed by atoms with Gasteiger partial charge >= 0.3 is 0 Å². The Morgan fingerprint density at radius 1 is 0.967 bits per heavy atom. The molecule has 0 saturated heterocycles. The van der Waals surface area contributed by atoms with Crippen LogP contribution in [-0.2, 0) is 6.54 Å². The molecule has 0 saturated carbocycles. The van der Waals surface area contributed by atoms with Crippen LogP contribution in [0.2, 0.25) is 0 Å². The van der Waals surface area contributed by atoms with E-state index in [1.807, 2.05) is 37.3 Å². The first-order valence-corrected chi connectivity index (χ1v) is 9.35. The molecule has 0 aliphatic rings. The highest BCUT2D eigenvalue weighted by Gasteiger charge is 2.18. The highest BCUT2D eigenvalue weighted by Crippen LogP contribution is 2.24. The second-order valence-corrected chi connectivity index (χ2v) is 6.51. The molecule has 0 aliphatic heterocycles. The number of aromatic nitrogens is 3. The molecule has 2 aromatic heterocycles. The third-order valence-electron chi connectivity index (χ3n) is 4.63. The first-order chi connectivity index (χ1) is 14.6. The van der Waals surface area contributed by atoms with Crippen molar-refractivity contribution in [1.82, 2.24) is 25.6 Å². The highest BCUT2D eigenvalue weighted by molar-refractivity contribution is 6.07. The minimum atomic E-state index is -0.751. The fraction of sp³-hybridized carbons (Fsp3) is 0.0909. The van der Waals surface area contributed by atoms with Crippen LogP contribution in [0.5, 0.6) is 0 Å². The molecule has 0 aliphatic carbocycles. The summed E-state index contributed by atoms with van der Waals surface area (Å²) in [5, 5.41) is 4.83. The van der Waals surface area contributed by atoms with Crippen LogP contribution in [0.4, 0.5) is 4.39 Å². The summed E-state index contributed by atoms with van der Waals surface area (Å²) >= 11 is 0. The van der Waals surface area contributed by atoms with Crippen LogP contribution in [0.15, 0.2) is 66.9 Å². The van der Waals surface area contributed by atoms with Gasteiger partial charge in [0.15, 0.2) is 5.65 Å². The van der Waals surface area contributed by atoms with Gasteiger partial charge < -0.3 is 0 Å². The fourth-order valence-corrected chi connectivity index (χ4v) is 3.12. The monoisotopic (exact) mass is 403 g/mol. The number of hydrogen-bond acceptors (Lipinski definition) is 4. The number of carbonyl (C=O) groups is 2. The molecule has 4 aromatic rings. The van der Waals surface area contributed by atoms with Gasteiger partial charge in [0, 0.05) is 12.1 Å². The molecule has 0 unspecified atom stereocenters. The first-order valence-electron chi connectivity index (χ1n) is 9.35. The zero-order chi connectivity index (χ0) is 21.1. The summed E-state index contributed by atoms with van der Waals surface area (Å²) in [5.74, 6) is -1.98. The van der Waals surface area contributed by atoms with E-state index >= 15 is 0 Å². The molecule has 150 valence electrons. The van der Waals surface area contributed by atoms with Crippen LogP contribution in [-0.4, -0.2) is 26.6 Å². The smallest absolute Gasteiger partial charge is 0.267 e. The van der Waals surface area contributed by atoms with E-state index in [1.165, 1.54) is 24.3 Å². The summed E-state index contributed by atoms with van der Waals surface area (Å²) in [6.45, 7) is 2.51. The standard InChI is InChI=1S/C22H18FN5O2/c1-2-28-20-17(13-24-28)16(12-19(25-20)14-8-4-3-5-9-14)22(30)27-26-21(29)15-10-6-7-11-18(15)23/h3-13H,2H2,1H3,(H,26,29)(H,27,30). The summed E-state index contributed by atoms with van der Waals surface area (Å²) in [6.07, 6.45) is 1.56. The van der Waals surface area contributed by atoms with E-state index in [-0.39, 0.29) is 5.56 Å². The number of aryl methyl sites for hydroxylation is 1. The first kappa shape index (κ1) is 19.3. The lowest BCUT2D eigenvalue weighted by molar-refractivity contribution is 0.0845. The molecule has 7 nitrogen and oxygen atoms in total. The Kier molecular flexibility index (Phi) is 5.21. The summed E-state index contributed by atoms with van der Waals surface area (Å²) in [4.78, 5) is 29.7. The van der Waals surface area contributed by atoms with Crippen molar-refractivity contribution in [2.75, 3.05) is 0 Å². The molecule has 0 bridgehead atoms. The van der Waals surface area contributed by atoms with E-state index in [9.17, 15) is 14.0 Å². The molecular weight excluding hydrogens is 385 g/mol. The quantitative estimate of drug-likeness (QED) is 0.512. The van der Waals surface area contributed by atoms with E-state index < -0.39 is 17.6 Å². The van der Waals surface area contributed by atoms with Gasteiger partial charge in [0.25, 0.3) is 11.8 Å². The van der Waals surface area contributed by atoms with Crippen molar-refractivity contribution in [1.29, 1.82) is 0 Å². The number of carbonyl (C=O) groups excluding carboxylic acids is 2. The number of amides is 2. The summed E-state index contributed by atoms with van der Waals surface area (Å²) < 4.78 is 15.5. The Bertz CT molecular complexity index is 1240. The van der Waals surface area contributed by atoms with Gasteiger partial charge in [-0.1, -0.05) is 42.5 Å². The third-order valence-corrected chi connectivity index (χ3v) is 4.63. The lowest BCUT2D eigenvalue weighted by atomic mass is 10.1. The van der Waals surface area contributed by atoms with Gasteiger partial charge in [-0.3, -0.25) is 20.4 Å². The highest BCUT2D eigenvalue weighted by atomic mass is 19.1. The lowest BCUT2D eigenvalue weighted by Crippen LogP contribution is -2.42. The third kappa shape index (κ3) is 3.62. The minimum Gasteiger partial charge on any atom is -0.267 e. The molecule has 0 atom stereocenters. The molecule has 8 heteroatoms. The van der Waals surface area contributed by atoms with Crippen LogP contribution in [0, 0.1) is 5.82 Å². The van der Waals surface area contributed by atoms with Gasteiger partial charge in [0.2, 0.25) is 0 Å². The van der Waals surface area contributed by atoms with Crippen molar-refractivity contribution in [3.63, 3.8) is 0 Å². The number of hydrogen-bond donors (Lipinski definition) is 2. The maximum absolute atomic E-state index is 13.8.